The summed E-state index contributed by atoms with van der Waals surface area (Å²) in [5.41, 5.74) is 1.24. The first kappa shape index (κ1) is 30.8. The van der Waals surface area contributed by atoms with Gasteiger partial charge in [-0.1, -0.05) is 69.1 Å². The van der Waals surface area contributed by atoms with E-state index in [2.05, 4.69) is 48.5 Å². The number of nitrogens with zero attached hydrogens (tertiary/aromatic N) is 1. The van der Waals surface area contributed by atoms with Gasteiger partial charge in [-0.3, -0.25) is 9.59 Å². The highest BCUT2D eigenvalue weighted by Crippen LogP contribution is 2.56. The largest absolute Gasteiger partial charge is 0.395 e. The summed E-state index contributed by atoms with van der Waals surface area (Å²) in [6.45, 7) is 11.5. The smallest absolute Gasteiger partial charge is 0.237 e. The van der Waals surface area contributed by atoms with Crippen LogP contribution in [0.25, 0.3) is 0 Å². The molecule has 0 saturated carbocycles. The Balaban J connectivity index is 1.71. The summed E-state index contributed by atoms with van der Waals surface area (Å²) in [5, 5.41) is 20.3. The van der Waals surface area contributed by atoms with Gasteiger partial charge in [0.1, 0.15) is 5.41 Å². The van der Waals surface area contributed by atoms with Crippen LogP contribution in [0.1, 0.15) is 64.0 Å². The van der Waals surface area contributed by atoms with E-state index in [1.807, 2.05) is 30.3 Å². The van der Waals surface area contributed by atoms with Crippen molar-refractivity contribution in [2.24, 2.45) is 5.41 Å². The number of aliphatic hydroxyl groups excluding tert-OH is 1. The molecule has 2 aliphatic heterocycles. The molecule has 2 heterocycles. The van der Waals surface area contributed by atoms with Crippen molar-refractivity contribution in [1.82, 2.24) is 15.5 Å². The van der Waals surface area contributed by atoms with Crippen molar-refractivity contribution in [3.63, 3.8) is 0 Å². The Morgan fingerprint density at radius 1 is 1.10 bits per heavy atom. The first-order chi connectivity index (χ1) is 19.0. The third-order valence-corrected chi connectivity index (χ3v) is 8.49. The van der Waals surface area contributed by atoms with Crippen LogP contribution in [0.3, 0.4) is 0 Å². The third-order valence-electron chi connectivity index (χ3n) is 8.02. The van der Waals surface area contributed by atoms with Crippen LogP contribution in [-0.2, 0) is 15.0 Å². The van der Waals surface area contributed by atoms with E-state index in [9.17, 15) is 14.7 Å². The number of benzene rings is 2. The number of rotatable bonds is 11. The van der Waals surface area contributed by atoms with Crippen LogP contribution in [0.2, 0.25) is 10.0 Å². The lowest BCUT2D eigenvalue weighted by molar-refractivity contribution is -0.123. The zero-order valence-electron chi connectivity index (χ0n) is 23.9. The van der Waals surface area contributed by atoms with Crippen molar-refractivity contribution < 1.29 is 14.7 Å². The molecule has 7 nitrogen and oxygen atoms in total. The predicted molar refractivity (Wildman–Crippen MR) is 162 cm³/mol. The van der Waals surface area contributed by atoms with Gasteiger partial charge in [-0.15, -0.1) is 0 Å². The second kappa shape index (κ2) is 12.8. The molecule has 2 amide bonds. The summed E-state index contributed by atoms with van der Waals surface area (Å²) in [5.74, 6) is -0.766. The monoisotopic (exact) mass is 588 g/mol. The first-order valence-corrected chi connectivity index (χ1v) is 15.0. The summed E-state index contributed by atoms with van der Waals surface area (Å²) < 4.78 is 0. The van der Waals surface area contributed by atoms with Gasteiger partial charge in [0.15, 0.2) is 0 Å². The van der Waals surface area contributed by atoms with Crippen molar-refractivity contribution in [2.75, 3.05) is 38.1 Å². The Morgan fingerprint density at radius 2 is 1.85 bits per heavy atom. The molecule has 218 valence electrons. The van der Waals surface area contributed by atoms with E-state index in [4.69, 9.17) is 23.2 Å². The van der Waals surface area contributed by atoms with Gasteiger partial charge in [-0.2, -0.15) is 0 Å². The Hall–Kier alpha value is -2.16. The minimum atomic E-state index is -1.03. The van der Waals surface area contributed by atoms with E-state index < -0.39 is 17.4 Å². The van der Waals surface area contributed by atoms with E-state index in [-0.39, 0.29) is 29.9 Å². The van der Waals surface area contributed by atoms with Crippen LogP contribution >= 0.6 is 23.2 Å². The van der Waals surface area contributed by atoms with E-state index in [1.165, 1.54) is 0 Å². The summed E-state index contributed by atoms with van der Waals surface area (Å²) in [4.78, 5) is 30.3. The minimum absolute atomic E-state index is 0.111. The average Bonchev–Trinajstić information content (AvgIpc) is 3.35. The van der Waals surface area contributed by atoms with Gasteiger partial charge < -0.3 is 26.0 Å². The molecule has 2 aromatic carbocycles. The van der Waals surface area contributed by atoms with Crippen molar-refractivity contribution in [3.8, 4) is 0 Å². The number of aliphatic hydroxyl groups is 1. The van der Waals surface area contributed by atoms with Crippen LogP contribution in [0, 0.1) is 5.41 Å². The Bertz CT molecular complexity index is 1210. The van der Waals surface area contributed by atoms with Gasteiger partial charge in [0, 0.05) is 40.8 Å². The lowest BCUT2D eigenvalue weighted by Crippen LogP contribution is -2.49. The normalized spacial score (nSPS) is 24.0. The maximum absolute atomic E-state index is 14.2. The van der Waals surface area contributed by atoms with E-state index in [0.717, 1.165) is 37.1 Å². The SMILES string of the molecule is CCCN(CCO)CCCNC(=O)[C@@H]1N[C@H](CC(C)(C)C)[C@]2(C(=O)Nc3cc(Cl)ccc32)[C@H]1c1cccc(Cl)c1. The van der Waals surface area contributed by atoms with Crippen molar-refractivity contribution in [1.29, 1.82) is 0 Å². The molecule has 1 spiro atoms. The molecule has 0 radical (unpaired) electrons. The topological polar surface area (TPSA) is 93.7 Å². The number of fused-ring (bicyclic) bond motifs is 2. The van der Waals surface area contributed by atoms with Crippen LogP contribution in [0.5, 0.6) is 0 Å². The molecule has 0 aromatic heterocycles. The molecule has 40 heavy (non-hydrogen) atoms. The molecule has 0 bridgehead atoms. The van der Waals surface area contributed by atoms with Crippen LogP contribution < -0.4 is 16.0 Å². The maximum Gasteiger partial charge on any atom is 0.237 e. The molecule has 4 N–H and O–H groups in total. The molecular weight excluding hydrogens is 547 g/mol. The van der Waals surface area contributed by atoms with Crippen LogP contribution in [-0.4, -0.2) is 66.7 Å². The van der Waals surface area contributed by atoms with E-state index >= 15 is 0 Å². The fourth-order valence-electron chi connectivity index (χ4n) is 6.54. The van der Waals surface area contributed by atoms with Gasteiger partial charge in [0.05, 0.1) is 12.6 Å². The summed E-state index contributed by atoms with van der Waals surface area (Å²) in [6, 6.07) is 12.1. The standard InChI is InChI=1S/C31H42Cl2N4O3/c1-5-13-37(15-16-38)14-7-12-34-28(39)27-26(20-8-6-9-21(32)17-20)31(25(36-27)19-30(2,3)4)23-11-10-22(33)18-24(23)35-29(31)40/h6,8-11,17-18,25-27,36,38H,5,7,12-16,19H2,1-4H3,(H,34,39)(H,35,40)/t25-,26+,27-,31+/m1/s1. The molecule has 2 aliphatic rings. The number of nitrogens with one attached hydrogen (secondary N) is 3. The van der Waals surface area contributed by atoms with Crippen molar-refractivity contribution in [3.05, 3.63) is 63.6 Å². The lowest BCUT2D eigenvalue weighted by Gasteiger charge is -2.37. The highest BCUT2D eigenvalue weighted by Gasteiger charge is 2.65. The Labute approximate surface area is 248 Å². The predicted octanol–water partition coefficient (Wildman–Crippen LogP) is 4.95. The average molecular weight is 590 g/mol. The molecule has 4 rings (SSSR count). The molecule has 0 unspecified atom stereocenters. The maximum atomic E-state index is 14.2. The molecule has 2 aromatic rings. The van der Waals surface area contributed by atoms with Gasteiger partial charge in [-0.25, -0.2) is 0 Å². The number of hydrogen-bond donors (Lipinski definition) is 4. The summed E-state index contributed by atoms with van der Waals surface area (Å²) >= 11 is 12.8. The number of carbonyl (C=O) groups is 2. The molecule has 1 fully saturated rings. The Morgan fingerprint density at radius 3 is 2.52 bits per heavy atom. The number of halogens is 2. The van der Waals surface area contributed by atoms with Crippen LogP contribution in [0.4, 0.5) is 5.69 Å². The van der Waals surface area contributed by atoms with Crippen LogP contribution in [0.15, 0.2) is 42.5 Å². The number of hydrogen-bond acceptors (Lipinski definition) is 5. The van der Waals surface area contributed by atoms with Gasteiger partial charge in [0.2, 0.25) is 11.8 Å². The summed E-state index contributed by atoms with van der Waals surface area (Å²) in [6.07, 6.45) is 2.45. The highest BCUT2D eigenvalue weighted by atomic mass is 35.5. The fraction of sp³-hybridized carbons (Fsp3) is 0.548. The quantitative estimate of drug-likeness (QED) is 0.278. The fourth-order valence-corrected chi connectivity index (χ4v) is 6.91. The molecule has 1 saturated heterocycles. The van der Waals surface area contributed by atoms with Crippen molar-refractivity contribution in [2.45, 2.75) is 70.4 Å². The van der Waals surface area contributed by atoms with E-state index in [0.29, 0.717) is 35.2 Å². The first-order valence-electron chi connectivity index (χ1n) is 14.2. The second-order valence-corrected chi connectivity index (χ2v) is 13.1. The number of carbonyl (C=O) groups excluding carboxylic acids is 2. The zero-order valence-corrected chi connectivity index (χ0v) is 25.4. The second-order valence-electron chi connectivity index (χ2n) is 12.2. The van der Waals surface area contributed by atoms with E-state index in [1.54, 1.807) is 12.1 Å². The van der Waals surface area contributed by atoms with Gasteiger partial charge in [0.25, 0.3) is 0 Å². The zero-order chi connectivity index (χ0) is 29.1. The van der Waals surface area contributed by atoms with Crippen molar-refractivity contribution >= 4 is 40.7 Å². The molecular formula is C31H42Cl2N4O3. The number of anilines is 1. The highest BCUT2D eigenvalue weighted by molar-refractivity contribution is 6.31. The Kier molecular flexibility index (Phi) is 9.84. The molecule has 9 heteroatoms. The summed E-state index contributed by atoms with van der Waals surface area (Å²) in [7, 11) is 0. The lowest BCUT2D eigenvalue weighted by atomic mass is 9.62. The molecule has 0 aliphatic carbocycles. The third kappa shape index (κ3) is 6.34. The minimum Gasteiger partial charge on any atom is -0.395 e. The molecule has 4 atom stereocenters. The van der Waals surface area contributed by atoms with Gasteiger partial charge in [-0.05, 0) is 73.2 Å². The number of amides is 2. The van der Waals surface area contributed by atoms with Gasteiger partial charge >= 0.3 is 0 Å².